The lowest BCUT2D eigenvalue weighted by Crippen LogP contribution is -2.49. The quantitative estimate of drug-likeness (QED) is 0.342. The molecule has 1 aliphatic heterocycles. The van der Waals surface area contributed by atoms with E-state index in [2.05, 4.69) is 14.8 Å². The molecule has 2 heterocycles. The number of fused-ring (bicyclic) bond motifs is 1. The Labute approximate surface area is 221 Å². The van der Waals surface area contributed by atoms with Gasteiger partial charge in [0.2, 0.25) is 0 Å². The number of carbonyl (C=O) groups is 1. The number of anilines is 2. The first-order valence-corrected chi connectivity index (χ1v) is 13.0. The van der Waals surface area contributed by atoms with Crippen molar-refractivity contribution in [1.82, 2.24) is 14.9 Å². The van der Waals surface area contributed by atoms with Gasteiger partial charge < -0.3 is 4.90 Å². The van der Waals surface area contributed by atoms with Gasteiger partial charge in [0.05, 0.1) is 4.92 Å². The van der Waals surface area contributed by atoms with E-state index in [9.17, 15) is 19.3 Å². The Morgan fingerprint density at radius 1 is 1.00 bits per heavy atom. The van der Waals surface area contributed by atoms with Gasteiger partial charge >= 0.3 is 0 Å². The Morgan fingerprint density at radius 3 is 2.37 bits per heavy atom. The van der Waals surface area contributed by atoms with E-state index in [4.69, 9.17) is 4.98 Å². The lowest BCUT2D eigenvalue weighted by atomic mass is 9.95. The lowest BCUT2D eigenvalue weighted by Gasteiger charge is -2.37. The van der Waals surface area contributed by atoms with Gasteiger partial charge in [-0.05, 0) is 69.0 Å². The van der Waals surface area contributed by atoms with Gasteiger partial charge in [0.1, 0.15) is 17.5 Å². The number of nitrogens with zero attached hydrogens (tertiary/aromatic N) is 6. The molecule has 2 aliphatic rings. The number of benzene rings is 2. The van der Waals surface area contributed by atoms with Crippen LogP contribution in [0.15, 0.2) is 48.5 Å². The second-order valence-electron chi connectivity index (χ2n) is 9.79. The van der Waals surface area contributed by atoms with Crippen LogP contribution in [-0.2, 0) is 12.8 Å². The number of hydrogen-bond donors (Lipinski definition) is 0. The molecule has 0 saturated carbocycles. The van der Waals surface area contributed by atoms with Crippen LogP contribution in [0.5, 0.6) is 0 Å². The van der Waals surface area contributed by atoms with E-state index < -0.39 is 4.92 Å². The third-order valence-corrected chi connectivity index (χ3v) is 7.30. The highest BCUT2D eigenvalue weighted by Gasteiger charge is 2.27. The van der Waals surface area contributed by atoms with Crippen molar-refractivity contribution in [2.75, 3.05) is 49.1 Å². The van der Waals surface area contributed by atoms with Crippen molar-refractivity contribution in [3.05, 3.63) is 87.1 Å². The molecule has 9 nitrogen and oxygen atoms in total. The molecule has 3 aromatic rings. The van der Waals surface area contributed by atoms with Crippen molar-refractivity contribution < 1.29 is 14.1 Å². The van der Waals surface area contributed by atoms with E-state index >= 15 is 0 Å². The molecule has 198 valence electrons. The number of halogens is 1. The molecule has 1 saturated heterocycles. The smallest absolute Gasteiger partial charge is 0.269 e. The SMILES string of the molecule is Cc1nc2c(c(N(CCN3CCN(c4ccc(F)cc4)CC3)C(=O)c3ccc([N+](=O)[O-])cc3)n1)CCCC2. The number of hydrogen-bond acceptors (Lipinski definition) is 7. The molecule has 38 heavy (non-hydrogen) atoms. The van der Waals surface area contributed by atoms with Crippen LogP contribution in [0.25, 0.3) is 0 Å². The fourth-order valence-electron chi connectivity index (χ4n) is 5.23. The van der Waals surface area contributed by atoms with Crippen LogP contribution in [0.4, 0.5) is 21.6 Å². The molecule has 1 amide bonds. The molecular weight excluding hydrogens is 487 g/mol. The van der Waals surface area contributed by atoms with Gasteiger partial charge in [0, 0.05) is 73.9 Å². The summed E-state index contributed by atoms with van der Waals surface area (Å²) >= 11 is 0. The van der Waals surface area contributed by atoms with Crippen LogP contribution >= 0.6 is 0 Å². The molecule has 0 bridgehead atoms. The zero-order chi connectivity index (χ0) is 26.6. The predicted octanol–water partition coefficient (Wildman–Crippen LogP) is 4.18. The largest absolute Gasteiger partial charge is 0.369 e. The molecule has 0 radical (unpaired) electrons. The number of aryl methyl sites for hydroxylation is 2. The van der Waals surface area contributed by atoms with Gasteiger partial charge in [0.15, 0.2) is 0 Å². The van der Waals surface area contributed by atoms with E-state index in [1.165, 1.54) is 36.4 Å². The van der Waals surface area contributed by atoms with Crippen LogP contribution in [0, 0.1) is 22.9 Å². The third-order valence-electron chi connectivity index (χ3n) is 7.30. The summed E-state index contributed by atoms with van der Waals surface area (Å²) in [6.45, 7) is 6.20. The second kappa shape index (κ2) is 11.2. The summed E-state index contributed by atoms with van der Waals surface area (Å²) < 4.78 is 13.3. The Morgan fingerprint density at radius 2 is 1.68 bits per heavy atom. The molecule has 0 atom stereocenters. The number of non-ortho nitro benzene ring substituents is 1. The fourth-order valence-corrected chi connectivity index (χ4v) is 5.23. The molecule has 1 aliphatic carbocycles. The van der Waals surface area contributed by atoms with Gasteiger partial charge in [-0.2, -0.15) is 0 Å². The highest BCUT2D eigenvalue weighted by atomic mass is 19.1. The molecular formula is C28H31FN6O3. The van der Waals surface area contributed by atoms with Crippen molar-refractivity contribution in [3.63, 3.8) is 0 Å². The van der Waals surface area contributed by atoms with Gasteiger partial charge in [-0.25, -0.2) is 14.4 Å². The third kappa shape index (κ3) is 5.65. The Kier molecular flexibility index (Phi) is 7.59. The van der Waals surface area contributed by atoms with Crippen molar-refractivity contribution >= 4 is 23.1 Å². The monoisotopic (exact) mass is 518 g/mol. The minimum atomic E-state index is -0.470. The summed E-state index contributed by atoms with van der Waals surface area (Å²) in [6, 6.07) is 12.3. The molecule has 0 N–H and O–H groups in total. The van der Waals surface area contributed by atoms with E-state index in [1.54, 1.807) is 17.0 Å². The van der Waals surface area contributed by atoms with Crippen molar-refractivity contribution in [2.24, 2.45) is 0 Å². The first kappa shape index (κ1) is 25.7. The van der Waals surface area contributed by atoms with Gasteiger partial charge in [-0.15, -0.1) is 0 Å². The summed E-state index contributed by atoms with van der Waals surface area (Å²) in [5, 5.41) is 11.1. The van der Waals surface area contributed by atoms with Crippen molar-refractivity contribution in [1.29, 1.82) is 0 Å². The second-order valence-corrected chi connectivity index (χ2v) is 9.79. The first-order chi connectivity index (χ1) is 18.4. The molecule has 0 unspecified atom stereocenters. The van der Waals surface area contributed by atoms with Crippen molar-refractivity contribution in [2.45, 2.75) is 32.6 Å². The molecule has 1 aromatic heterocycles. The molecule has 5 rings (SSSR count). The number of amides is 1. The maximum Gasteiger partial charge on any atom is 0.269 e. The van der Waals surface area contributed by atoms with Gasteiger partial charge in [-0.3, -0.25) is 24.7 Å². The van der Waals surface area contributed by atoms with Crippen LogP contribution < -0.4 is 9.80 Å². The first-order valence-electron chi connectivity index (χ1n) is 13.0. The molecule has 1 fully saturated rings. The fraction of sp³-hybridized carbons (Fsp3) is 0.393. The Balaban J connectivity index is 1.35. The normalized spacial score (nSPS) is 15.7. The molecule has 2 aromatic carbocycles. The summed E-state index contributed by atoms with van der Waals surface area (Å²) in [7, 11) is 0. The highest BCUT2D eigenvalue weighted by molar-refractivity contribution is 6.06. The van der Waals surface area contributed by atoms with Crippen molar-refractivity contribution in [3.8, 4) is 0 Å². The zero-order valence-electron chi connectivity index (χ0n) is 21.5. The number of aromatic nitrogens is 2. The summed E-state index contributed by atoms with van der Waals surface area (Å²) in [4.78, 5) is 40.1. The minimum absolute atomic E-state index is 0.0533. The minimum Gasteiger partial charge on any atom is -0.369 e. The Hall–Kier alpha value is -3.92. The molecule has 0 spiro atoms. The van der Waals surface area contributed by atoms with E-state index in [1.807, 2.05) is 6.92 Å². The molecule has 10 heteroatoms. The highest BCUT2D eigenvalue weighted by Crippen LogP contribution is 2.29. The van der Waals surface area contributed by atoms with Crippen LogP contribution in [-0.4, -0.2) is 65.0 Å². The predicted molar refractivity (Wildman–Crippen MR) is 143 cm³/mol. The summed E-state index contributed by atoms with van der Waals surface area (Å²) in [5.74, 6) is 0.818. The number of carbonyl (C=O) groups excluding carboxylic acids is 1. The van der Waals surface area contributed by atoms with Crippen LogP contribution in [0.3, 0.4) is 0 Å². The van der Waals surface area contributed by atoms with E-state index in [-0.39, 0.29) is 17.4 Å². The average Bonchev–Trinajstić information content (AvgIpc) is 2.93. The van der Waals surface area contributed by atoms with E-state index in [0.29, 0.717) is 30.3 Å². The lowest BCUT2D eigenvalue weighted by molar-refractivity contribution is -0.384. The summed E-state index contributed by atoms with van der Waals surface area (Å²) in [5.41, 5.74) is 3.37. The number of nitro benzene ring substituents is 1. The standard InChI is InChI=1S/C28H31FN6O3/c1-20-30-26-5-3-2-4-25(26)27(31-20)34(28(36)21-6-10-24(11-7-21)35(37)38)19-16-32-14-17-33(18-15-32)23-12-8-22(29)9-13-23/h6-13H,2-5,14-19H2,1H3. The number of nitro groups is 1. The Bertz CT molecular complexity index is 1310. The maximum absolute atomic E-state index is 13.8. The van der Waals surface area contributed by atoms with E-state index in [0.717, 1.165) is 68.8 Å². The summed E-state index contributed by atoms with van der Waals surface area (Å²) in [6.07, 6.45) is 3.79. The maximum atomic E-state index is 13.8. The average molecular weight is 519 g/mol. The van der Waals surface area contributed by atoms with Crippen LogP contribution in [0.1, 0.15) is 40.3 Å². The van der Waals surface area contributed by atoms with Crippen LogP contribution in [0.2, 0.25) is 0 Å². The van der Waals surface area contributed by atoms with Gasteiger partial charge in [0.25, 0.3) is 11.6 Å². The van der Waals surface area contributed by atoms with Gasteiger partial charge in [-0.1, -0.05) is 0 Å². The topological polar surface area (TPSA) is 95.7 Å². The number of piperazine rings is 1. The number of rotatable bonds is 7. The zero-order valence-corrected chi connectivity index (χ0v) is 21.5.